The molecule has 0 spiro atoms. The Morgan fingerprint density at radius 3 is 2.82 bits per heavy atom. The largest absolute Gasteiger partial charge is 0.481 e. The first-order valence-corrected chi connectivity index (χ1v) is 7.71. The van der Waals surface area contributed by atoms with E-state index >= 15 is 0 Å². The molecule has 1 aromatic carbocycles. The van der Waals surface area contributed by atoms with Crippen LogP contribution in [0.1, 0.15) is 23.5 Å². The summed E-state index contributed by atoms with van der Waals surface area (Å²) in [5.41, 5.74) is 2.79. The number of allylic oxidation sites excluding steroid dienone is 1. The van der Waals surface area contributed by atoms with Crippen LogP contribution in [0.2, 0.25) is 0 Å². The summed E-state index contributed by atoms with van der Waals surface area (Å²) in [6.45, 7) is 0. The summed E-state index contributed by atoms with van der Waals surface area (Å²) in [5.74, 6) is -0.808. The van der Waals surface area contributed by atoms with Gasteiger partial charge in [0.2, 0.25) is 0 Å². The fourth-order valence-corrected chi connectivity index (χ4v) is 3.21. The van der Waals surface area contributed by atoms with Gasteiger partial charge in [0.25, 0.3) is 0 Å². The first-order chi connectivity index (χ1) is 10.6. The van der Waals surface area contributed by atoms with Gasteiger partial charge in [-0.2, -0.15) is 5.10 Å². The van der Waals surface area contributed by atoms with Crippen molar-refractivity contribution >= 4 is 39.2 Å². The van der Waals surface area contributed by atoms with Crippen molar-refractivity contribution < 1.29 is 9.90 Å². The van der Waals surface area contributed by atoms with Crippen LogP contribution in [0.4, 0.5) is 0 Å². The van der Waals surface area contributed by atoms with Crippen molar-refractivity contribution in [2.75, 3.05) is 0 Å². The minimum absolute atomic E-state index is 0.0829. The number of fused-ring (bicyclic) bond motifs is 1. The van der Waals surface area contributed by atoms with Gasteiger partial charge in [-0.05, 0) is 36.3 Å². The maximum absolute atomic E-state index is 10.9. The van der Waals surface area contributed by atoms with Gasteiger partial charge in [0, 0.05) is 19.7 Å². The fraction of sp³-hybridized carbons (Fsp3) is 0.188. The summed E-state index contributed by atoms with van der Waals surface area (Å²) >= 11 is 1.58. The van der Waals surface area contributed by atoms with Gasteiger partial charge in [0.1, 0.15) is 5.01 Å². The van der Waals surface area contributed by atoms with Crippen LogP contribution in [0.15, 0.2) is 36.5 Å². The number of aliphatic carboxylic acids is 1. The average molecular weight is 313 g/mol. The minimum Gasteiger partial charge on any atom is -0.481 e. The van der Waals surface area contributed by atoms with E-state index in [4.69, 9.17) is 5.11 Å². The first-order valence-electron chi connectivity index (χ1n) is 6.90. The van der Waals surface area contributed by atoms with E-state index in [0.717, 1.165) is 26.5 Å². The van der Waals surface area contributed by atoms with E-state index < -0.39 is 5.97 Å². The number of rotatable bonds is 5. The van der Waals surface area contributed by atoms with Crippen LogP contribution in [0, 0.1) is 0 Å². The van der Waals surface area contributed by atoms with Gasteiger partial charge < -0.3 is 5.11 Å². The monoisotopic (exact) mass is 313 g/mol. The van der Waals surface area contributed by atoms with Crippen molar-refractivity contribution in [2.24, 2.45) is 7.05 Å². The molecule has 0 aliphatic rings. The molecular formula is C16H15N3O2S. The summed E-state index contributed by atoms with van der Waals surface area (Å²) in [5, 5.41) is 14.0. The molecule has 0 fully saturated rings. The summed E-state index contributed by atoms with van der Waals surface area (Å²) in [6, 6.07) is 9.82. The van der Waals surface area contributed by atoms with Gasteiger partial charge in [-0.25, -0.2) is 4.98 Å². The van der Waals surface area contributed by atoms with Gasteiger partial charge in [-0.15, -0.1) is 11.3 Å². The Morgan fingerprint density at radius 1 is 1.32 bits per heavy atom. The number of carboxylic acids is 1. The minimum atomic E-state index is -0.808. The SMILES string of the molecule is Cn1nccc1C=C(CCC(=O)O)c1nc2ccccc2s1. The number of thiazole rings is 1. The second-order valence-corrected chi connectivity index (χ2v) is 5.96. The number of carboxylic acid groups (broad SMARTS) is 1. The third-order valence-electron chi connectivity index (χ3n) is 3.36. The number of para-hydroxylation sites is 1. The molecule has 3 aromatic rings. The molecule has 5 nitrogen and oxygen atoms in total. The molecular weight excluding hydrogens is 298 g/mol. The van der Waals surface area contributed by atoms with Gasteiger partial charge in [-0.1, -0.05) is 12.1 Å². The molecule has 112 valence electrons. The highest BCUT2D eigenvalue weighted by atomic mass is 32.1. The molecule has 2 heterocycles. The number of nitrogens with zero attached hydrogens (tertiary/aromatic N) is 3. The zero-order valence-electron chi connectivity index (χ0n) is 12.1. The Kier molecular flexibility index (Phi) is 4.02. The molecule has 1 N–H and O–H groups in total. The molecule has 0 saturated heterocycles. The van der Waals surface area contributed by atoms with Gasteiger partial charge in [0.05, 0.1) is 15.9 Å². The third kappa shape index (κ3) is 3.07. The highest BCUT2D eigenvalue weighted by Gasteiger charge is 2.11. The zero-order valence-corrected chi connectivity index (χ0v) is 12.9. The first kappa shape index (κ1) is 14.5. The van der Waals surface area contributed by atoms with Crippen molar-refractivity contribution in [3.8, 4) is 0 Å². The lowest BCUT2D eigenvalue weighted by molar-refractivity contribution is -0.136. The van der Waals surface area contributed by atoms with E-state index in [9.17, 15) is 4.79 Å². The standard InChI is InChI=1S/C16H15N3O2S/c1-19-12(8-9-17-19)10-11(6-7-15(20)21)16-18-13-4-2-3-5-14(13)22-16/h2-5,8-10H,6-7H2,1H3,(H,20,21). The molecule has 0 unspecified atom stereocenters. The summed E-state index contributed by atoms with van der Waals surface area (Å²) in [4.78, 5) is 15.5. The normalized spacial score (nSPS) is 12.0. The Hall–Kier alpha value is -2.47. The topological polar surface area (TPSA) is 68.0 Å². The van der Waals surface area contributed by atoms with E-state index in [-0.39, 0.29) is 6.42 Å². The molecule has 2 aromatic heterocycles. The van der Waals surface area contributed by atoms with Crippen LogP contribution in [0.25, 0.3) is 21.9 Å². The van der Waals surface area contributed by atoms with E-state index in [2.05, 4.69) is 10.1 Å². The lowest BCUT2D eigenvalue weighted by Gasteiger charge is -2.03. The van der Waals surface area contributed by atoms with Crippen LogP contribution in [0.5, 0.6) is 0 Å². The van der Waals surface area contributed by atoms with E-state index in [1.54, 1.807) is 22.2 Å². The van der Waals surface area contributed by atoms with Gasteiger partial charge in [0.15, 0.2) is 0 Å². The van der Waals surface area contributed by atoms with Gasteiger partial charge >= 0.3 is 5.97 Å². The maximum atomic E-state index is 10.9. The predicted molar refractivity (Wildman–Crippen MR) is 87.6 cm³/mol. The highest BCUT2D eigenvalue weighted by Crippen LogP contribution is 2.30. The fourth-order valence-electron chi connectivity index (χ4n) is 2.20. The predicted octanol–water partition coefficient (Wildman–Crippen LogP) is 3.44. The summed E-state index contributed by atoms with van der Waals surface area (Å²) in [7, 11) is 1.86. The second kappa shape index (κ2) is 6.11. The number of benzene rings is 1. The second-order valence-electron chi connectivity index (χ2n) is 4.93. The Bertz CT molecular complexity index is 815. The Balaban J connectivity index is 2.02. The summed E-state index contributed by atoms with van der Waals surface area (Å²) in [6.07, 6.45) is 4.21. The molecule has 0 amide bonds. The molecule has 0 saturated carbocycles. The van der Waals surface area contributed by atoms with E-state index in [1.807, 2.05) is 43.5 Å². The lowest BCUT2D eigenvalue weighted by Crippen LogP contribution is -1.97. The van der Waals surface area contributed by atoms with Crippen LogP contribution < -0.4 is 0 Å². The number of hydrogen-bond donors (Lipinski definition) is 1. The molecule has 0 bridgehead atoms. The number of aryl methyl sites for hydroxylation is 1. The number of hydrogen-bond acceptors (Lipinski definition) is 4. The smallest absolute Gasteiger partial charge is 0.303 e. The molecule has 0 aliphatic carbocycles. The quantitative estimate of drug-likeness (QED) is 0.783. The maximum Gasteiger partial charge on any atom is 0.303 e. The molecule has 3 rings (SSSR count). The van der Waals surface area contributed by atoms with Gasteiger partial charge in [-0.3, -0.25) is 9.48 Å². The van der Waals surface area contributed by atoms with Crippen LogP contribution in [0.3, 0.4) is 0 Å². The highest BCUT2D eigenvalue weighted by molar-refractivity contribution is 7.19. The average Bonchev–Trinajstić information content (AvgIpc) is 3.09. The van der Waals surface area contributed by atoms with Crippen LogP contribution in [-0.4, -0.2) is 25.8 Å². The van der Waals surface area contributed by atoms with Crippen molar-refractivity contribution in [2.45, 2.75) is 12.8 Å². The number of aromatic nitrogens is 3. The van der Waals surface area contributed by atoms with Crippen molar-refractivity contribution in [1.82, 2.24) is 14.8 Å². The van der Waals surface area contributed by atoms with Crippen molar-refractivity contribution in [1.29, 1.82) is 0 Å². The molecule has 0 radical (unpaired) electrons. The molecule has 6 heteroatoms. The van der Waals surface area contributed by atoms with E-state index in [0.29, 0.717) is 6.42 Å². The molecule has 0 aliphatic heterocycles. The zero-order chi connectivity index (χ0) is 15.5. The van der Waals surface area contributed by atoms with Crippen LogP contribution in [-0.2, 0) is 11.8 Å². The Labute approximate surface area is 131 Å². The lowest BCUT2D eigenvalue weighted by atomic mass is 10.1. The van der Waals surface area contributed by atoms with Crippen molar-refractivity contribution in [3.63, 3.8) is 0 Å². The molecule has 0 atom stereocenters. The molecule has 22 heavy (non-hydrogen) atoms. The van der Waals surface area contributed by atoms with Crippen LogP contribution >= 0.6 is 11.3 Å². The van der Waals surface area contributed by atoms with E-state index in [1.165, 1.54) is 0 Å². The Morgan fingerprint density at radius 2 is 2.14 bits per heavy atom. The van der Waals surface area contributed by atoms with Crippen molar-refractivity contribution in [3.05, 3.63) is 47.2 Å². The number of carbonyl (C=O) groups is 1. The third-order valence-corrected chi connectivity index (χ3v) is 4.47. The summed E-state index contributed by atoms with van der Waals surface area (Å²) < 4.78 is 2.86.